The molecule has 0 aromatic heterocycles. The molecule has 0 saturated heterocycles. The van der Waals surface area contributed by atoms with Crippen molar-refractivity contribution < 1.29 is 9.50 Å². The van der Waals surface area contributed by atoms with Crippen LogP contribution in [0.3, 0.4) is 0 Å². The number of hydrogen-bond acceptors (Lipinski definition) is 2. The van der Waals surface area contributed by atoms with Crippen LogP contribution in [0, 0.1) is 29.5 Å². The van der Waals surface area contributed by atoms with Crippen LogP contribution in [0.4, 0.5) is 10.1 Å². The van der Waals surface area contributed by atoms with Crippen LogP contribution in [-0.2, 0) is 0 Å². The number of hydrogen-bond donors (Lipinski definition) is 2. The number of anilines is 1. The highest BCUT2D eigenvalue weighted by Crippen LogP contribution is 2.59. The number of fused-ring (bicyclic) bond motifs is 5. The molecule has 0 heterocycles. The van der Waals surface area contributed by atoms with Gasteiger partial charge in [-0.25, -0.2) is 4.39 Å². The molecule has 0 aliphatic heterocycles. The van der Waals surface area contributed by atoms with E-state index >= 15 is 0 Å². The molecule has 5 atom stereocenters. The zero-order valence-electron chi connectivity index (χ0n) is 11.0. The number of aromatic hydroxyl groups is 1. The smallest absolute Gasteiger partial charge is 0.166 e. The molecule has 3 saturated carbocycles. The molecule has 19 heavy (non-hydrogen) atoms. The summed E-state index contributed by atoms with van der Waals surface area (Å²) in [6.45, 7) is 0. The number of phenolic OH excluding ortho intramolecular Hbond substituents is 1. The van der Waals surface area contributed by atoms with E-state index in [1.165, 1.54) is 44.2 Å². The van der Waals surface area contributed by atoms with Crippen molar-refractivity contribution in [1.29, 1.82) is 0 Å². The molecule has 3 fully saturated rings. The minimum Gasteiger partial charge on any atom is -0.505 e. The molecule has 3 aliphatic carbocycles. The first-order valence-electron chi connectivity index (χ1n) is 7.47. The van der Waals surface area contributed by atoms with Crippen molar-refractivity contribution in [3.63, 3.8) is 0 Å². The minimum absolute atomic E-state index is 0.269. The summed E-state index contributed by atoms with van der Waals surface area (Å²) in [5, 5.41) is 12.7. The third-order valence-electron chi connectivity index (χ3n) is 5.73. The summed E-state index contributed by atoms with van der Waals surface area (Å²) in [7, 11) is 0. The molecule has 2 N–H and O–H groups in total. The lowest BCUT2D eigenvalue weighted by Gasteiger charge is -2.32. The molecule has 3 heteroatoms. The van der Waals surface area contributed by atoms with Crippen molar-refractivity contribution in [3.05, 3.63) is 24.0 Å². The molecule has 2 bridgehead atoms. The second-order valence-corrected chi connectivity index (χ2v) is 6.57. The lowest BCUT2D eigenvalue weighted by atomic mass is 9.79. The molecule has 4 rings (SSSR count). The van der Waals surface area contributed by atoms with Crippen LogP contribution < -0.4 is 5.32 Å². The first kappa shape index (κ1) is 11.6. The summed E-state index contributed by atoms with van der Waals surface area (Å²) in [4.78, 5) is 0. The number of rotatable bonds is 2. The van der Waals surface area contributed by atoms with E-state index in [9.17, 15) is 9.50 Å². The summed E-state index contributed by atoms with van der Waals surface area (Å²) in [6.07, 6.45) is 6.85. The molecule has 102 valence electrons. The van der Waals surface area contributed by atoms with Crippen LogP contribution in [0.25, 0.3) is 0 Å². The van der Waals surface area contributed by atoms with Crippen LogP contribution in [0.1, 0.15) is 32.1 Å². The zero-order valence-corrected chi connectivity index (χ0v) is 11.0. The van der Waals surface area contributed by atoms with Crippen LogP contribution in [0.2, 0.25) is 0 Å². The number of benzene rings is 1. The summed E-state index contributed by atoms with van der Waals surface area (Å²) in [5.74, 6) is 2.78. The van der Waals surface area contributed by atoms with E-state index in [2.05, 4.69) is 5.32 Å². The van der Waals surface area contributed by atoms with Crippen molar-refractivity contribution in [2.24, 2.45) is 23.7 Å². The maximum Gasteiger partial charge on any atom is 0.166 e. The van der Waals surface area contributed by atoms with E-state index < -0.39 is 5.82 Å². The predicted octanol–water partition coefficient (Wildman–Crippen LogP) is 3.77. The van der Waals surface area contributed by atoms with E-state index in [1.54, 1.807) is 6.07 Å². The van der Waals surface area contributed by atoms with E-state index in [0.717, 1.165) is 29.4 Å². The maximum atomic E-state index is 13.4. The third-order valence-corrected chi connectivity index (χ3v) is 5.73. The first-order chi connectivity index (χ1) is 9.22. The Morgan fingerprint density at radius 2 is 1.95 bits per heavy atom. The topological polar surface area (TPSA) is 32.3 Å². The number of phenols is 1. The fourth-order valence-electron chi connectivity index (χ4n) is 5.04. The second kappa shape index (κ2) is 4.12. The van der Waals surface area contributed by atoms with Crippen molar-refractivity contribution in [1.82, 2.24) is 0 Å². The Morgan fingerprint density at radius 1 is 1.11 bits per heavy atom. The van der Waals surface area contributed by atoms with Gasteiger partial charge < -0.3 is 10.4 Å². The normalized spacial score (nSPS) is 39.5. The maximum absolute atomic E-state index is 13.4. The van der Waals surface area contributed by atoms with Gasteiger partial charge in [0.15, 0.2) is 11.6 Å². The Morgan fingerprint density at radius 3 is 2.79 bits per heavy atom. The molecule has 1 aromatic rings. The zero-order chi connectivity index (χ0) is 13.0. The average molecular weight is 261 g/mol. The molecule has 5 unspecified atom stereocenters. The summed E-state index contributed by atoms with van der Waals surface area (Å²) in [6, 6.07) is 5.13. The lowest BCUT2D eigenvalue weighted by Crippen LogP contribution is -2.33. The Kier molecular flexibility index (Phi) is 2.51. The van der Waals surface area contributed by atoms with Gasteiger partial charge in [0.25, 0.3) is 0 Å². The fourth-order valence-corrected chi connectivity index (χ4v) is 5.04. The van der Waals surface area contributed by atoms with Gasteiger partial charge in [0.1, 0.15) is 0 Å². The molecular weight excluding hydrogens is 241 g/mol. The SMILES string of the molecule is Oc1ccc(NC2CC3CC2C2CCCC32)cc1F. The second-order valence-electron chi connectivity index (χ2n) is 6.57. The Balaban J connectivity index is 1.51. The Labute approximate surface area is 113 Å². The molecule has 0 spiro atoms. The van der Waals surface area contributed by atoms with Crippen molar-refractivity contribution >= 4 is 5.69 Å². The van der Waals surface area contributed by atoms with Gasteiger partial charge in [-0.2, -0.15) is 0 Å². The predicted molar refractivity (Wildman–Crippen MR) is 72.5 cm³/mol. The summed E-state index contributed by atoms with van der Waals surface area (Å²) in [5.41, 5.74) is 0.808. The summed E-state index contributed by atoms with van der Waals surface area (Å²) < 4.78 is 13.4. The standard InChI is InChI=1S/C16H20FNO/c17-14-8-10(4-5-16(14)19)18-15-7-9-6-13(15)12-3-1-2-11(9)12/h4-5,8-9,11-13,15,18-19H,1-3,6-7H2. The largest absolute Gasteiger partial charge is 0.505 e. The number of halogens is 1. The first-order valence-corrected chi connectivity index (χ1v) is 7.47. The molecule has 3 aliphatic rings. The molecule has 1 aromatic carbocycles. The van der Waals surface area contributed by atoms with Crippen LogP contribution in [0.5, 0.6) is 5.75 Å². The molecule has 0 radical (unpaired) electrons. The fraction of sp³-hybridized carbons (Fsp3) is 0.625. The lowest BCUT2D eigenvalue weighted by molar-refractivity contribution is 0.243. The van der Waals surface area contributed by atoms with Gasteiger partial charge in [0.2, 0.25) is 0 Å². The monoisotopic (exact) mass is 261 g/mol. The van der Waals surface area contributed by atoms with Gasteiger partial charge in [-0.3, -0.25) is 0 Å². The highest BCUT2D eigenvalue weighted by Gasteiger charge is 2.53. The van der Waals surface area contributed by atoms with Crippen LogP contribution in [0.15, 0.2) is 18.2 Å². The van der Waals surface area contributed by atoms with Gasteiger partial charge in [0, 0.05) is 17.8 Å². The van der Waals surface area contributed by atoms with Gasteiger partial charge in [-0.05, 0) is 61.5 Å². The van der Waals surface area contributed by atoms with Crippen LogP contribution >= 0.6 is 0 Å². The molecule has 0 amide bonds. The van der Waals surface area contributed by atoms with E-state index in [-0.39, 0.29) is 5.75 Å². The third kappa shape index (κ3) is 1.74. The van der Waals surface area contributed by atoms with Gasteiger partial charge in [-0.1, -0.05) is 6.42 Å². The van der Waals surface area contributed by atoms with Crippen molar-refractivity contribution in [2.45, 2.75) is 38.1 Å². The highest BCUT2D eigenvalue weighted by molar-refractivity contribution is 5.48. The highest BCUT2D eigenvalue weighted by atomic mass is 19.1. The van der Waals surface area contributed by atoms with Gasteiger partial charge in [0.05, 0.1) is 0 Å². The quantitative estimate of drug-likeness (QED) is 0.794. The van der Waals surface area contributed by atoms with Gasteiger partial charge >= 0.3 is 0 Å². The Bertz CT molecular complexity index is 504. The molecular formula is C16H20FNO. The average Bonchev–Trinajstić information content (AvgIpc) is 3.05. The van der Waals surface area contributed by atoms with E-state index in [1.807, 2.05) is 0 Å². The van der Waals surface area contributed by atoms with E-state index in [0.29, 0.717) is 6.04 Å². The minimum atomic E-state index is -0.535. The van der Waals surface area contributed by atoms with Gasteiger partial charge in [-0.15, -0.1) is 0 Å². The van der Waals surface area contributed by atoms with E-state index in [4.69, 9.17) is 0 Å². The Hall–Kier alpha value is -1.25. The summed E-state index contributed by atoms with van der Waals surface area (Å²) >= 11 is 0. The molecule has 2 nitrogen and oxygen atoms in total. The van der Waals surface area contributed by atoms with Crippen molar-refractivity contribution in [2.75, 3.05) is 5.32 Å². The number of nitrogens with one attached hydrogen (secondary N) is 1. The van der Waals surface area contributed by atoms with Crippen molar-refractivity contribution in [3.8, 4) is 5.75 Å². The van der Waals surface area contributed by atoms with Crippen LogP contribution in [-0.4, -0.2) is 11.1 Å².